The van der Waals surface area contributed by atoms with E-state index in [4.69, 9.17) is 0 Å². The fourth-order valence-corrected chi connectivity index (χ4v) is 2.54. The van der Waals surface area contributed by atoms with E-state index in [-0.39, 0.29) is 18.5 Å². The summed E-state index contributed by atoms with van der Waals surface area (Å²) in [6, 6.07) is 11.7. The van der Waals surface area contributed by atoms with Crippen LogP contribution in [-0.4, -0.2) is 20.7 Å². The molecule has 0 bridgehead atoms. The highest BCUT2D eigenvalue weighted by Gasteiger charge is 2.14. The predicted molar refractivity (Wildman–Crippen MR) is 85.1 cm³/mol. The van der Waals surface area contributed by atoms with Crippen molar-refractivity contribution in [1.82, 2.24) is 20.1 Å². The van der Waals surface area contributed by atoms with Crippen molar-refractivity contribution in [3.8, 4) is 0 Å². The van der Waals surface area contributed by atoms with Crippen LogP contribution < -0.4 is 5.32 Å². The van der Waals surface area contributed by atoms with Crippen LogP contribution in [0.25, 0.3) is 10.9 Å². The lowest BCUT2D eigenvalue weighted by Crippen LogP contribution is -2.31. The van der Waals surface area contributed by atoms with Crippen molar-refractivity contribution in [3.63, 3.8) is 0 Å². The van der Waals surface area contributed by atoms with Gasteiger partial charge in [-0.2, -0.15) is 5.10 Å². The van der Waals surface area contributed by atoms with Crippen molar-refractivity contribution >= 4 is 16.8 Å². The number of nitrogens with zero attached hydrogens (tertiary/aromatic N) is 3. The molecule has 5 heteroatoms. The zero-order valence-corrected chi connectivity index (χ0v) is 12.4. The average Bonchev–Trinajstić information content (AvgIpc) is 2.96. The van der Waals surface area contributed by atoms with Gasteiger partial charge in [0.25, 0.3) is 0 Å². The summed E-state index contributed by atoms with van der Waals surface area (Å²) in [6.07, 6.45) is 6.09. The van der Waals surface area contributed by atoms with Crippen LogP contribution in [0.5, 0.6) is 0 Å². The molecule has 1 aromatic carbocycles. The minimum Gasteiger partial charge on any atom is -0.348 e. The molecule has 0 spiro atoms. The van der Waals surface area contributed by atoms with E-state index in [1.165, 1.54) is 0 Å². The van der Waals surface area contributed by atoms with Crippen LogP contribution in [0, 0.1) is 0 Å². The molecule has 5 nitrogen and oxygen atoms in total. The second kappa shape index (κ2) is 6.39. The average molecular weight is 294 g/mol. The summed E-state index contributed by atoms with van der Waals surface area (Å²) in [5.74, 6) is -0.0440. The van der Waals surface area contributed by atoms with Gasteiger partial charge in [0.15, 0.2) is 0 Å². The molecule has 0 fully saturated rings. The van der Waals surface area contributed by atoms with Crippen LogP contribution in [0.4, 0.5) is 0 Å². The van der Waals surface area contributed by atoms with Gasteiger partial charge in [0.05, 0.1) is 17.8 Å². The zero-order chi connectivity index (χ0) is 15.4. The Morgan fingerprint density at radius 3 is 2.77 bits per heavy atom. The van der Waals surface area contributed by atoms with Gasteiger partial charge in [-0.25, -0.2) is 0 Å². The number of amides is 1. The topological polar surface area (TPSA) is 59.8 Å². The maximum Gasteiger partial charge on any atom is 0.242 e. The summed E-state index contributed by atoms with van der Waals surface area (Å²) >= 11 is 0. The van der Waals surface area contributed by atoms with Crippen molar-refractivity contribution in [1.29, 1.82) is 0 Å². The van der Waals surface area contributed by atoms with Gasteiger partial charge in [-0.1, -0.05) is 25.1 Å². The molecular formula is C17H18N4O. The van der Waals surface area contributed by atoms with Crippen molar-refractivity contribution in [3.05, 3.63) is 60.6 Å². The van der Waals surface area contributed by atoms with Crippen molar-refractivity contribution < 1.29 is 4.79 Å². The molecule has 1 unspecified atom stereocenters. The van der Waals surface area contributed by atoms with Gasteiger partial charge in [-0.05, 0) is 30.2 Å². The van der Waals surface area contributed by atoms with Crippen LogP contribution in [0.1, 0.15) is 24.9 Å². The molecule has 0 saturated heterocycles. The first-order valence-corrected chi connectivity index (χ1v) is 7.37. The fraction of sp³-hybridized carbons (Fsp3) is 0.235. The molecule has 0 aliphatic carbocycles. The third-order valence-corrected chi connectivity index (χ3v) is 3.70. The summed E-state index contributed by atoms with van der Waals surface area (Å²) in [5, 5.41) is 8.38. The molecule has 0 saturated carbocycles. The molecule has 0 radical (unpaired) electrons. The minimum absolute atomic E-state index is 0.00248. The maximum absolute atomic E-state index is 12.3. The molecule has 1 N–H and O–H groups in total. The van der Waals surface area contributed by atoms with Crippen molar-refractivity contribution in [2.75, 3.05) is 0 Å². The second-order valence-electron chi connectivity index (χ2n) is 5.17. The number of aromatic nitrogens is 3. The molecule has 2 heterocycles. The third-order valence-electron chi connectivity index (χ3n) is 3.70. The lowest BCUT2D eigenvalue weighted by molar-refractivity contribution is -0.122. The lowest BCUT2D eigenvalue weighted by Gasteiger charge is -2.17. The third kappa shape index (κ3) is 2.98. The first kappa shape index (κ1) is 14.3. The van der Waals surface area contributed by atoms with E-state index in [1.807, 2.05) is 36.4 Å². The second-order valence-corrected chi connectivity index (χ2v) is 5.17. The normalized spacial score (nSPS) is 12.2. The number of benzene rings is 1. The maximum atomic E-state index is 12.3. The number of para-hydroxylation sites is 1. The van der Waals surface area contributed by atoms with Gasteiger partial charge in [0, 0.05) is 17.8 Å². The molecule has 22 heavy (non-hydrogen) atoms. The lowest BCUT2D eigenvalue weighted by atomic mass is 10.1. The fourth-order valence-electron chi connectivity index (χ4n) is 2.54. The Bertz CT molecular complexity index is 766. The largest absolute Gasteiger partial charge is 0.348 e. The monoisotopic (exact) mass is 294 g/mol. The molecule has 1 amide bonds. The summed E-state index contributed by atoms with van der Waals surface area (Å²) < 4.78 is 1.73. The number of rotatable bonds is 5. The molecule has 3 rings (SSSR count). The minimum atomic E-state index is -0.0440. The van der Waals surface area contributed by atoms with Gasteiger partial charge < -0.3 is 5.32 Å². The molecule has 3 aromatic rings. The zero-order valence-electron chi connectivity index (χ0n) is 12.4. The van der Waals surface area contributed by atoms with E-state index in [9.17, 15) is 4.79 Å². The van der Waals surface area contributed by atoms with Gasteiger partial charge in [-0.3, -0.25) is 14.5 Å². The number of pyridine rings is 1. The molecular weight excluding hydrogens is 276 g/mol. The Kier molecular flexibility index (Phi) is 4.14. The molecule has 1 atom stereocenters. The predicted octanol–water partition coefficient (Wildman–Crippen LogP) is 2.70. The Balaban J connectivity index is 1.72. The van der Waals surface area contributed by atoms with Crippen molar-refractivity contribution in [2.24, 2.45) is 0 Å². The number of carbonyl (C=O) groups is 1. The van der Waals surface area contributed by atoms with E-state index in [0.717, 1.165) is 22.9 Å². The summed E-state index contributed by atoms with van der Waals surface area (Å²) in [7, 11) is 0. The molecule has 112 valence electrons. The summed E-state index contributed by atoms with van der Waals surface area (Å²) in [5.41, 5.74) is 2.03. The molecule has 0 aliphatic rings. The highest BCUT2D eigenvalue weighted by atomic mass is 16.2. The Labute approximate surface area is 129 Å². The quantitative estimate of drug-likeness (QED) is 0.787. The number of fused-ring (bicyclic) bond motifs is 1. The Morgan fingerprint density at radius 2 is 2.00 bits per heavy atom. The number of carbonyl (C=O) groups excluding carboxylic acids is 1. The van der Waals surface area contributed by atoms with Crippen molar-refractivity contribution in [2.45, 2.75) is 25.9 Å². The van der Waals surface area contributed by atoms with E-state index >= 15 is 0 Å². The highest BCUT2D eigenvalue weighted by molar-refractivity contribution is 5.82. The van der Waals surface area contributed by atoms with Crippen LogP contribution in [0.15, 0.2) is 55.0 Å². The Hall–Kier alpha value is -2.69. The first-order valence-electron chi connectivity index (χ1n) is 7.37. The molecule has 2 aromatic heterocycles. The standard InChI is InChI=1S/C17H18N4O/c1-2-15(13-7-9-18-10-8-13)20-17(22)12-21-16-6-4-3-5-14(16)11-19-21/h3-11,15H,2,12H2,1H3,(H,20,22). The van der Waals surface area contributed by atoms with Crippen LogP contribution in [0.2, 0.25) is 0 Å². The summed E-state index contributed by atoms with van der Waals surface area (Å²) in [6.45, 7) is 2.27. The van der Waals surface area contributed by atoms with E-state index in [0.29, 0.717) is 0 Å². The number of hydrogen-bond donors (Lipinski definition) is 1. The van der Waals surface area contributed by atoms with Gasteiger partial charge >= 0.3 is 0 Å². The van der Waals surface area contributed by atoms with Gasteiger partial charge in [0.2, 0.25) is 5.91 Å². The van der Waals surface area contributed by atoms with Crippen LogP contribution >= 0.6 is 0 Å². The highest BCUT2D eigenvalue weighted by Crippen LogP contribution is 2.16. The number of hydrogen-bond acceptors (Lipinski definition) is 3. The Morgan fingerprint density at radius 1 is 1.23 bits per heavy atom. The first-order chi connectivity index (χ1) is 10.8. The smallest absolute Gasteiger partial charge is 0.242 e. The van der Waals surface area contributed by atoms with Gasteiger partial charge in [0.1, 0.15) is 6.54 Å². The van der Waals surface area contributed by atoms with Gasteiger partial charge in [-0.15, -0.1) is 0 Å². The number of nitrogens with one attached hydrogen (secondary N) is 1. The summed E-state index contributed by atoms with van der Waals surface area (Å²) in [4.78, 5) is 16.3. The van der Waals surface area contributed by atoms with E-state index in [1.54, 1.807) is 23.3 Å². The van der Waals surface area contributed by atoms with Crippen LogP contribution in [-0.2, 0) is 11.3 Å². The van der Waals surface area contributed by atoms with E-state index < -0.39 is 0 Å². The SMILES string of the molecule is CCC(NC(=O)Cn1ncc2ccccc21)c1ccncc1. The van der Waals surface area contributed by atoms with E-state index in [2.05, 4.69) is 22.3 Å². The molecule has 0 aliphatic heterocycles. The van der Waals surface area contributed by atoms with Crippen LogP contribution in [0.3, 0.4) is 0 Å².